The Morgan fingerprint density at radius 1 is 1.18 bits per heavy atom. The Bertz CT molecular complexity index is 1010. The average Bonchev–Trinajstić information content (AvgIpc) is 3.14. The van der Waals surface area contributed by atoms with E-state index in [4.69, 9.17) is 0 Å². The minimum Gasteiger partial charge on any atom is -0.338 e. The van der Waals surface area contributed by atoms with Crippen molar-refractivity contribution in [3.05, 3.63) is 30.5 Å². The number of hydrogen-bond acceptors (Lipinski definition) is 4. The summed E-state index contributed by atoms with van der Waals surface area (Å²) in [5.74, 6) is 2.95. The fourth-order valence-corrected chi connectivity index (χ4v) is 8.23. The van der Waals surface area contributed by atoms with Crippen LogP contribution >= 0.6 is 0 Å². The number of likely N-dealkylation sites (N-methyl/N-ethyl adjacent to an activating group) is 1. The fraction of sp³-hybridized carbons (Fsp3) is 0.630. The molecule has 7 atom stereocenters. The molecule has 0 aromatic carbocycles. The van der Waals surface area contributed by atoms with Crippen molar-refractivity contribution in [3.63, 3.8) is 0 Å². The zero-order chi connectivity index (χ0) is 24.1. The standard InChI is InChI=1S/C27H36N4O3/c1-26-12-10-21-19(6-8-22-27(21,2)13-11-25(34)31(22)3)20(26)7-4-17(26)14-24(33)30-18-5-9-23(28-15-18)29-16-32/h5,9,11,13,15-17,19-22H,4,6-8,10,12,14H2,1-3H3,(H,30,33)(H,28,29,32)/t17-,19?,20?,21?,22?,26-,27-/m1/s1. The highest BCUT2D eigenvalue weighted by Gasteiger charge is 2.60. The molecule has 4 unspecified atom stereocenters. The number of rotatable bonds is 5. The predicted molar refractivity (Wildman–Crippen MR) is 131 cm³/mol. The van der Waals surface area contributed by atoms with Crippen LogP contribution in [0.4, 0.5) is 11.5 Å². The Balaban J connectivity index is 1.27. The van der Waals surface area contributed by atoms with Crippen molar-refractivity contribution >= 4 is 29.7 Å². The molecule has 3 aliphatic carbocycles. The van der Waals surface area contributed by atoms with Crippen LogP contribution in [0.5, 0.6) is 0 Å². The molecule has 3 amide bonds. The maximum absolute atomic E-state index is 12.9. The van der Waals surface area contributed by atoms with Crippen molar-refractivity contribution in [2.24, 2.45) is 34.5 Å². The number of aromatic nitrogens is 1. The van der Waals surface area contributed by atoms with Gasteiger partial charge in [-0.1, -0.05) is 19.9 Å². The predicted octanol–water partition coefficient (Wildman–Crippen LogP) is 4.23. The second-order valence-electron chi connectivity index (χ2n) is 11.4. The molecule has 0 spiro atoms. The van der Waals surface area contributed by atoms with E-state index in [-0.39, 0.29) is 22.6 Å². The number of pyridine rings is 1. The number of anilines is 2. The molecule has 0 bridgehead atoms. The molecule has 3 saturated carbocycles. The average molecular weight is 465 g/mol. The summed E-state index contributed by atoms with van der Waals surface area (Å²) in [6.45, 7) is 4.81. The molecular weight excluding hydrogens is 428 g/mol. The second-order valence-corrected chi connectivity index (χ2v) is 11.4. The van der Waals surface area contributed by atoms with Gasteiger partial charge >= 0.3 is 0 Å². The first-order valence-electron chi connectivity index (χ1n) is 12.7. The SMILES string of the molecule is CN1C(=O)C=C[C@]2(C)C3CC[C@@]4(C)C(CC[C@@H]4CC(=O)Nc4ccc(NC=O)nc4)C3CCC12. The van der Waals surface area contributed by atoms with Crippen LogP contribution in [0.15, 0.2) is 30.5 Å². The van der Waals surface area contributed by atoms with E-state index in [1.807, 2.05) is 11.9 Å². The summed E-state index contributed by atoms with van der Waals surface area (Å²) in [4.78, 5) is 41.9. The zero-order valence-electron chi connectivity index (χ0n) is 20.4. The lowest BCUT2D eigenvalue weighted by atomic mass is 9.47. The highest BCUT2D eigenvalue weighted by Crippen LogP contribution is 2.65. The van der Waals surface area contributed by atoms with Gasteiger partial charge in [0.1, 0.15) is 5.82 Å². The van der Waals surface area contributed by atoms with E-state index in [0.29, 0.717) is 54.0 Å². The quantitative estimate of drug-likeness (QED) is 0.638. The van der Waals surface area contributed by atoms with Gasteiger partial charge in [-0.05, 0) is 85.8 Å². The van der Waals surface area contributed by atoms with Crippen molar-refractivity contribution in [1.29, 1.82) is 0 Å². The Kier molecular flexibility index (Phi) is 5.77. The lowest BCUT2D eigenvalue weighted by Crippen LogP contribution is -2.59. The molecule has 1 aromatic heterocycles. The van der Waals surface area contributed by atoms with Crippen molar-refractivity contribution in [2.45, 2.75) is 64.8 Å². The normalized spacial score (nSPS) is 38.5. The van der Waals surface area contributed by atoms with E-state index in [2.05, 4.69) is 35.5 Å². The van der Waals surface area contributed by atoms with Crippen LogP contribution in [0.1, 0.15) is 58.8 Å². The van der Waals surface area contributed by atoms with Gasteiger partial charge in [0.25, 0.3) is 0 Å². The van der Waals surface area contributed by atoms with Gasteiger partial charge in [-0.25, -0.2) is 4.98 Å². The fourth-order valence-electron chi connectivity index (χ4n) is 8.23. The van der Waals surface area contributed by atoms with Gasteiger partial charge in [-0.3, -0.25) is 14.4 Å². The summed E-state index contributed by atoms with van der Waals surface area (Å²) in [6.07, 6.45) is 13.6. The van der Waals surface area contributed by atoms with Gasteiger partial charge in [0, 0.05) is 24.9 Å². The molecule has 1 aliphatic heterocycles. The van der Waals surface area contributed by atoms with E-state index in [0.717, 1.165) is 19.3 Å². The summed E-state index contributed by atoms with van der Waals surface area (Å²) in [6, 6.07) is 3.75. The van der Waals surface area contributed by atoms with Gasteiger partial charge in [0.2, 0.25) is 18.2 Å². The first-order chi connectivity index (χ1) is 16.3. The second kappa shape index (κ2) is 8.51. The number of carbonyl (C=O) groups excluding carboxylic acids is 3. The number of carbonyl (C=O) groups is 3. The van der Waals surface area contributed by atoms with Gasteiger partial charge in [-0.2, -0.15) is 0 Å². The first kappa shape index (κ1) is 23.1. The molecule has 1 aromatic rings. The summed E-state index contributed by atoms with van der Waals surface area (Å²) < 4.78 is 0. The van der Waals surface area contributed by atoms with E-state index >= 15 is 0 Å². The third-order valence-corrected chi connectivity index (χ3v) is 10.0. The van der Waals surface area contributed by atoms with Gasteiger partial charge in [-0.15, -0.1) is 0 Å². The monoisotopic (exact) mass is 464 g/mol. The van der Waals surface area contributed by atoms with E-state index < -0.39 is 0 Å². The molecular formula is C27H36N4O3. The number of nitrogens with one attached hydrogen (secondary N) is 2. The van der Waals surface area contributed by atoms with Crippen molar-refractivity contribution in [3.8, 4) is 0 Å². The van der Waals surface area contributed by atoms with Gasteiger partial charge in [0.15, 0.2) is 0 Å². The third-order valence-electron chi connectivity index (χ3n) is 10.0. The summed E-state index contributed by atoms with van der Waals surface area (Å²) in [5, 5.41) is 5.50. The Morgan fingerprint density at radius 2 is 2.00 bits per heavy atom. The molecule has 3 fully saturated rings. The van der Waals surface area contributed by atoms with Crippen LogP contribution in [0.25, 0.3) is 0 Å². The van der Waals surface area contributed by atoms with Gasteiger partial charge < -0.3 is 15.5 Å². The molecule has 7 heteroatoms. The maximum atomic E-state index is 12.9. The smallest absolute Gasteiger partial charge is 0.246 e. The highest BCUT2D eigenvalue weighted by molar-refractivity contribution is 5.91. The number of fused-ring (bicyclic) bond motifs is 5. The molecule has 7 nitrogen and oxygen atoms in total. The van der Waals surface area contributed by atoms with E-state index in [1.54, 1.807) is 24.4 Å². The molecule has 2 heterocycles. The Labute approximate surface area is 201 Å². The molecule has 182 valence electrons. The van der Waals surface area contributed by atoms with Gasteiger partial charge in [0.05, 0.1) is 11.9 Å². The topological polar surface area (TPSA) is 91.4 Å². The molecule has 4 aliphatic rings. The van der Waals surface area contributed by atoms with E-state index in [9.17, 15) is 14.4 Å². The number of hydrogen-bond donors (Lipinski definition) is 2. The third kappa shape index (κ3) is 3.64. The first-order valence-corrected chi connectivity index (χ1v) is 12.7. The molecule has 0 radical (unpaired) electrons. The largest absolute Gasteiger partial charge is 0.338 e. The van der Waals surface area contributed by atoms with Crippen molar-refractivity contribution < 1.29 is 14.4 Å². The van der Waals surface area contributed by atoms with E-state index in [1.165, 1.54) is 19.3 Å². The lowest BCUT2D eigenvalue weighted by Gasteiger charge is -2.60. The van der Waals surface area contributed by atoms with Crippen molar-refractivity contribution in [2.75, 3.05) is 17.7 Å². The number of nitrogens with zero attached hydrogens (tertiary/aromatic N) is 2. The summed E-state index contributed by atoms with van der Waals surface area (Å²) >= 11 is 0. The highest BCUT2D eigenvalue weighted by atomic mass is 16.2. The molecule has 0 saturated heterocycles. The van der Waals surface area contributed by atoms with Crippen LogP contribution < -0.4 is 10.6 Å². The van der Waals surface area contributed by atoms with Crippen LogP contribution in [-0.2, 0) is 14.4 Å². The summed E-state index contributed by atoms with van der Waals surface area (Å²) in [5.41, 5.74) is 0.900. The minimum atomic E-state index is 0.0397. The lowest BCUT2D eigenvalue weighted by molar-refractivity contribution is -0.139. The maximum Gasteiger partial charge on any atom is 0.246 e. The Morgan fingerprint density at radius 3 is 2.74 bits per heavy atom. The van der Waals surface area contributed by atoms with Crippen molar-refractivity contribution in [1.82, 2.24) is 9.88 Å². The molecule has 34 heavy (non-hydrogen) atoms. The summed E-state index contributed by atoms with van der Waals surface area (Å²) in [7, 11) is 1.97. The molecule has 2 N–H and O–H groups in total. The molecule has 5 rings (SSSR count). The van der Waals surface area contributed by atoms with Crippen LogP contribution in [0.3, 0.4) is 0 Å². The number of amides is 3. The zero-order valence-corrected chi connectivity index (χ0v) is 20.4. The minimum absolute atomic E-state index is 0.0397. The Hall–Kier alpha value is -2.70. The van der Waals surface area contributed by atoms with Crippen LogP contribution in [0, 0.1) is 34.5 Å². The van der Waals surface area contributed by atoms with Crippen LogP contribution in [0.2, 0.25) is 0 Å². The van der Waals surface area contributed by atoms with Crippen LogP contribution in [-0.4, -0.2) is 41.2 Å².